The molecule has 1 saturated heterocycles. The molecule has 0 spiro atoms. The van der Waals surface area contributed by atoms with E-state index in [2.05, 4.69) is 5.32 Å². The molecule has 0 aliphatic carbocycles. The van der Waals surface area contributed by atoms with Crippen molar-refractivity contribution in [2.75, 3.05) is 25.0 Å². The molecule has 1 aliphatic rings. The predicted octanol–water partition coefficient (Wildman–Crippen LogP) is 0.921. The summed E-state index contributed by atoms with van der Waals surface area (Å²) in [6, 6.07) is 7.28. The van der Waals surface area contributed by atoms with Gasteiger partial charge in [0.05, 0.1) is 6.54 Å². The van der Waals surface area contributed by atoms with Crippen LogP contribution in [0.4, 0.5) is 5.69 Å². The molecule has 4 nitrogen and oxygen atoms in total. The number of nitrogens with one attached hydrogen (secondary N) is 1. The predicted molar refractivity (Wildman–Crippen MR) is 64.5 cm³/mol. The number of carbonyl (C=O) groups is 1. The van der Waals surface area contributed by atoms with Crippen molar-refractivity contribution in [2.24, 2.45) is 5.73 Å². The number of nitrogens with two attached hydrogens (primary N) is 1. The van der Waals surface area contributed by atoms with Gasteiger partial charge in [-0.3, -0.25) is 9.69 Å². The van der Waals surface area contributed by atoms with Crippen molar-refractivity contribution in [1.82, 2.24) is 4.90 Å². The second-order valence-corrected chi connectivity index (χ2v) is 4.45. The van der Waals surface area contributed by atoms with Crippen molar-refractivity contribution in [3.05, 3.63) is 29.3 Å². The van der Waals surface area contributed by atoms with E-state index in [4.69, 9.17) is 17.3 Å². The van der Waals surface area contributed by atoms with Crippen molar-refractivity contribution in [3.63, 3.8) is 0 Å². The van der Waals surface area contributed by atoms with Gasteiger partial charge in [0, 0.05) is 29.8 Å². The third kappa shape index (κ3) is 2.95. The Morgan fingerprint density at radius 2 is 2.06 bits per heavy atom. The first kappa shape index (κ1) is 11.4. The van der Waals surface area contributed by atoms with Gasteiger partial charge in [-0.05, 0) is 24.3 Å². The summed E-state index contributed by atoms with van der Waals surface area (Å²) in [5.41, 5.74) is 6.39. The number of carbonyl (C=O) groups excluding carboxylic acids is 1. The van der Waals surface area contributed by atoms with E-state index in [0.717, 1.165) is 18.8 Å². The van der Waals surface area contributed by atoms with Crippen LogP contribution in [0.1, 0.15) is 0 Å². The van der Waals surface area contributed by atoms with Crippen molar-refractivity contribution < 1.29 is 4.79 Å². The average Bonchev–Trinajstić information content (AvgIpc) is 2.19. The molecule has 1 amide bonds. The molecular weight excluding hydrogens is 226 g/mol. The first-order valence-corrected chi connectivity index (χ1v) is 5.54. The minimum absolute atomic E-state index is 0.0192. The minimum Gasteiger partial charge on any atom is -0.325 e. The number of hydrogen-bond acceptors (Lipinski definition) is 3. The Morgan fingerprint density at radius 1 is 1.44 bits per heavy atom. The van der Waals surface area contributed by atoms with E-state index < -0.39 is 0 Å². The molecule has 1 heterocycles. The summed E-state index contributed by atoms with van der Waals surface area (Å²) in [7, 11) is 0. The van der Waals surface area contributed by atoms with Crippen LogP contribution in [0.2, 0.25) is 5.02 Å². The molecule has 3 N–H and O–H groups in total. The Balaban J connectivity index is 1.80. The van der Waals surface area contributed by atoms with Crippen molar-refractivity contribution in [3.8, 4) is 0 Å². The third-order valence-electron chi connectivity index (χ3n) is 2.48. The number of hydrogen-bond donors (Lipinski definition) is 2. The van der Waals surface area contributed by atoms with Crippen LogP contribution < -0.4 is 11.1 Å². The fourth-order valence-electron chi connectivity index (χ4n) is 1.68. The Labute approximate surface area is 99.4 Å². The first-order chi connectivity index (χ1) is 7.63. The normalized spacial score (nSPS) is 16.9. The SMILES string of the molecule is NC1CN(CC(=O)Nc2ccc(Cl)cc2)C1. The van der Waals surface area contributed by atoms with Crippen LogP contribution in [0.15, 0.2) is 24.3 Å². The lowest BCUT2D eigenvalue weighted by molar-refractivity contribution is -0.118. The molecule has 1 aromatic carbocycles. The van der Waals surface area contributed by atoms with E-state index in [1.165, 1.54) is 0 Å². The fraction of sp³-hybridized carbons (Fsp3) is 0.364. The van der Waals surface area contributed by atoms with Gasteiger partial charge in [0.2, 0.25) is 5.91 Å². The standard InChI is InChI=1S/C11H14ClN3O/c12-8-1-3-10(4-2-8)14-11(16)7-15-5-9(13)6-15/h1-4,9H,5-7,13H2,(H,14,16). The molecule has 1 fully saturated rings. The highest BCUT2D eigenvalue weighted by Crippen LogP contribution is 2.13. The molecule has 1 aromatic rings. The Morgan fingerprint density at radius 3 is 2.62 bits per heavy atom. The van der Waals surface area contributed by atoms with Crippen LogP contribution in [0.5, 0.6) is 0 Å². The Hall–Kier alpha value is -1.10. The Bertz CT molecular complexity index is 373. The summed E-state index contributed by atoms with van der Waals surface area (Å²) in [6.07, 6.45) is 0. The lowest BCUT2D eigenvalue weighted by atomic mass is 10.1. The van der Waals surface area contributed by atoms with E-state index in [9.17, 15) is 4.79 Å². The van der Waals surface area contributed by atoms with Crippen LogP contribution in [-0.2, 0) is 4.79 Å². The zero-order chi connectivity index (χ0) is 11.5. The van der Waals surface area contributed by atoms with Crippen LogP contribution in [-0.4, -0.2) is 36.5 Å². The van der Waals surface area contributed by atoms with Crippen LogP contribution in [0.25, 0.3) is 0 Å². The number of halogens is 1. The summed E-state index contributed by atoms with van der Waals surface area (Å²) in [4.78, 5) is 13.6. The fourth-order valence-corrected chi connectivity index (χ4v) is 1.80. The van der Waals surface area contributed by atoms with Gasteiger partial charge >= 0.3 is 0 Å². The number of likely N-dealkylation sites (tertiary alicyclic amines) is 1. The molecule has 0 saturated carbocycles. The minimum atomic E-state index is -0.0192. The molecule has 0 aromatic heterocycles. The first-order valence-electron chi connectivity index (χ1n) is 5.17. The van der Waals surface area contributed by atoms with Gasteiger partial charge in [0.15, 0.2) is 0 Å². The van der Waals surface area contributed by atoms with Gasteiger partial charge in [-0.25, -0.2) is 0 Å². The maximum atomic E-state index is 11.6. The van der Waals surface area contributed by atoms with E-state index in [1.807, 2.05) is 4.90 Å². The monoisotopic (exact) mass is 239 g/mol. The molecule has 0 bridgehead atoms. The number of anilines is 1. The van der Waals surface area contributed by atoms with Gasteiger partial charge in [0.1, 0.15) is 0 Å². The summed E-state index contributed by atoms with van der Waals surface area (Å²) in [6.45, 7) is 2.00. The quantitative estimate of drug-likeness (QED) is 0.825. The Kier molecular flexibility index (Phi) is 3.43. The number of rotatable bonds is 3. The van der Waals surface area contributed by atoms with Gasteiger partial charge in [-0.2, -0.15) is 0 Å². The van der Waals surface area contributed by atoms with Gasteiger partial charge in [-0.1, -0.05) is 11.6 Å². The van der Waals surface area contributed by atoms with Gasteiger partial charge in [0.25, 0.3) is 0 Å². The van der Waals surface area contributed by atoms with Crippen molar-refractivity contribution in [1.29, 1.82) is 0 Å². The zero-order valence-corrected chi connectivity index (χ0v) is 9.57. The summed E-state index contributed by atoms with van der Waals surface area (Å²) in [5.74, 6) is -0.0192. The third-order valence-corrected chi connectivity index (χ3v) is 2.73. The highest BCUT2D eigenvalue weighted by atomic mass is 35.5. The van der Waals surface area contributed by atoms with Crippen molar-refractivity contribution in [2.45, 2.75) is 6.04 Å². The summed E-state index contributed by atoms with van der Waals surface area (Å²) in [5, 5.41) is 3.46. The lowest BCUT2D eigenvalue weighted by Crippen LogP contribution is -2.57. The molecule has 0 radical (unpaired) electrons. The molecule has 2 rings (SSSR count). The second-order valence-electron chi connectivity index (χ2n) is 4.01. The van der Waals surface area contributed by atoms with Gasteiger partial charge in [-0.15, -0.1) is 0 Å². The molecule has 0 atom stereocenters. The topological polar surface area (TPSA) is 58.4 Å². The summed E-state index contributed by atoms with van der Waals surface area (Å²) >= 11 is 5.75. The van der Waals surface area contributed by atoms with E-state index in [0.29, 0.717) is 11.6 Å². The van der Waals surface area contributed by atoms with Crippen LogP contribution in [0.3, 0.4) is 0 Å². The number of benzene rings is 1. The molecule has 16 heavy (non-hydrogen) atoms. The number of nitrogens with zero attached hydrogens (tertiary/aromatic N) is 1. The number of amides is 1. The van der Waals surface area contributed by atoms with Gasteiger partial charge < -0.3 is 11.1 Å². The van der Waals surface area contributed by atoms with E-state index in [1.54, 1.807) is 24.3 Å². The lowest BCUT2D eigenvalue weighted by Gasteiger charge is -2.36. The highest BCUT2D eigenvalue weighted by Gasteiger charge is 2.24. The smallest absolute Gasteiger partial charge is 0.238 e. The molecular formula is C11H14ClN3O. The van der Waals surface area contributed by atoms with Crippen LogP contribution in [0, 0.1) is 0 Å². The molecule has 1 aliphatic heterocycles. The highest BCUT2D eigenvalue weighted by molar-refractivity contribution is 6.30. The van der Waals surface area contributed by atoms with Crippen LogP contribution >= 0.6 is 11.6 Å². The molecule has 0 unspecified atom stereocenters. The summed E-state index contributed by atoms with van der Waals surface area (Å²) < 4.78 is 0. The zero-order valence-electron chi connectivity index (χ0n) is 8.82. The molecule has 5 heteroatoms. The second kappa shape index (κ2) is 4.82. The average molecular weight is 240 g/mol. The van der Waals surface area contributed by atoms with E-state index in [-0.39, 0.29) is 11.9 Å². The maximum Gasteiger partial charge on any atom is 0.238 e. The van der Waals surface area contributed by atoms with E-state index >= 15 is 0 Å². The largest absolute Gasteiger partial charge is 0.325 e. The van der Waals surface area contributed by atoms with Crippen molar-refractivity contribution >= 4 is 23.2 Å². The molecule has 86 valence electrons. The maximum absolute atomic E-state index is 11.6.